The number of aromatic nitrogens is 1. The highest BCUT2D eigenvalue weighted by molar-refractivity contribution is 7.92. The van der Waals surface area contributed by atoms with Gasteiger partial charge in [0.05, 0.1) is 18.4 Å². The zero-order valence-corrected chi connectivity index (χ0v) is 25.2. The van der Waals surface area contributed by atoms with Crippen LogP contribution in [0.5, 0.6) is 0 Å². The second-order valence-corrected chi connectivity index (χ2v) is 12.8. The van der Waals surface area contributed by atoms with Crippen LogP contribution < -0.4 is 10.5 Å². The van der Waals surface area contributed by atoms with Crippen molar-refractivity contribution in [2.75, 3.05) is 11.8 Å². The molecule has 0 saturated carbocycles. The van der Waals surface area contributed by atoms with Crippen molar-refractivity contribution in [1.29, 1.82) is 0 Å². The summed E-state index contributed by atoms with van der Waals surface area (Å²) in [4.78, 5) is 26.3. The van der Waals surface area contributed by atoms with Gasteiger partial charge < -0.3 is 10.3 Å². The number of sulfonamides is 1. The number of quaternary nitrogens is 1. The van der Waals surface area contributed by atoms with E-state index in [1.165, 1.54) is 6.07 Å². The molecule has 3 aromatic rings. The molecule has 2 amide bonds. The third-order valence-corrected chi connectivity index (χ3v) is 8.98. The summed E-state index contributed by atoms with van der Waals surface area (Å²) >= 11 is 0. The van der Waals surface area contributed by atoms with Gasteiger partial charge in [-0.3, -0.25) is 9.52 Å². The normalized spacial score (nSPS) is 14.9. The molecule has 216 valence electrons. The fraction of sp³-hybridized carbons (Fsp3) is 0.433. The fourth-order valence-corrected chi connectivity index (χ4v) is 6.34. The maximum absolute atomic E-state index is 13.5. The van der Waals surface area contributed by atoms with Gasteiger partial charge in [0.1, 0.15) is 12.3 Å². The number of carbonyl (C=O) groups excluding carboxylic acids is 2. The summed E-state index contributed by atoms with van der Waals surface area (Å²) in [5.74, 6) is 0.204. The van der Waals surface area contributed by atoms with Crippen LogP contribution in [0.4, 0.5) is 5.82 Å². The van der Waals surface area contributed by atoms with E-state index in [2.05, 4.69) is 9.88 Å². The Balaban J connectivity index is 1.98. The number of nitrogens with one attached hydrogen (secondary N) is 1. The van der Waals surface area contributed by atoms with Crippen molar-refractivity contribution < 1.29 is 27.0 Å². The molecule has 0 radical (unpaired) electrons. The van der Waals surface area contributed by atoms with Crippen LogP contribution in [0, 0.1) is 25.7 Å². The molecule has 0 aliphatic carbocycles. The van der Waals surface area contributed by atoms with Crippen LogP contribution in [0.25, 0.3) is 11.1 Å². The Hall–Kier alpha value is -3.50. The van der Waals surface area contributed by atoms with Gasteiger partial charge in [0, 0.05) is 22.6 Å². The van der Waals surface area contributed by atoms with E-state index >= 15 is 0 Å². The van der Waals surface area contributed by atoms with Crippen LogP contribution in [0.3, 0.4) is 0 Å². The summed E-state index contributed by atoms with van der Waals surface area (Å²) < 4.78 is 34.2. The Morgan fingerprint density at radius 1 is 1.05 bits per heavy atom. The Labute approximate surface area is 237 Å². The van der Waals surface area contributed by atoms with E-state index in [-0.39, 0.29) is 39.5 Å². The highest BCUT2D eigenvalue weighted by Crippen LogP contribution is 2.32. The van der Waals surface area contributed by atoms with E-state index in [4.69, 9.17) is 10.3 Å². The first-order valence-electron chi connectivity index (χ1n) is 13.5. The average Bonchev–Trinajstić information content (AvgIpc) is 3.20. The number of hydrogen-bond acceptors (Lipinski definition) is 6. The maximum atomic E-state index is 13.5. The minimum absolute atomic E-state index is 0.0379. The lowest BCUT2D eigenvalue weighted by molar-refractivity contribution is -0.868. The number of anilines is 1. The Kier molecular flexibility index (Phi) is 9.58. The molecule has 9 nitrogen and oxygen atoms in total. The molecular formula is C30H41N4O5S+. The maximum Gasteiger partial charge on any atom is 0.314 e. The summed E-state index contributed by atoms with van der Waals surface area (Å²) in [6.45, 7) is 11.6. The third-order valence-electron chi connectivity index (χ3n) is 7.58. The number of amides is 2. The number of carbonyl (C=O) groups is 2. The van der Waals surface area contributed by atoms with Crippen LogP contribution in [0.2, 0.25) is 0 Å². The minimum Gasteiger partial charge on any atom is -0.364 e. The summed E-state index contributed by atoms with van der Waals surface area (Å²) in [6.07, 6.45) is 1.04. The lowest BCUT2D eigenvalue weighted by atomic mass is 9.92. The third kappa shape index (κ3) is 6.62. The Morgan fingerprint density at radius 2 is 1.68 bits per heavy atom. The molecule has 0 saturated heterocycles. The average molecular weight is 570 g/mol. The summed E-state index contributed by atoms with van der Waals surface area (Å²) in [6, 6.07) is 13.4. The largest absolute Gasteiger partial charge is 0.364 e. The summed E-state index contributed by atoms with van der Waals surface area (Å²) in [7, 11) is -2.17. The highest BCUT2D eigenvalue weighted by atomic mass is 32.2. The Morgan fingerprint density at radius 3 is 2.20 bits per heavy atom. The van der Waals surface area contributed by atoms with Gasteiger partial charge in [-0.1, -0.05) is 75.3 Å². The standard InChI is InChI=1S/C30H40N4O5S/c1-8-20(4)28(29(31)36)34(7,27(35)17-19(2)3)18-23-13-15-24(16-14-23)25-11-9-10-12-26(25)40(37,38)33-30-21(5)22(6)39-32-30/h9-16,19-20,28H,8,17-18H2,1-7H3,(H2-,31,32,33,36)/p+1/t20-,28-,34?/m0/s1. The number of nitrogens with zero attached hydrogens (tertiary/aromatic N) is 2. The molecule has 2 aromatic carbocycles. The van der Waals surface area contributed by atoms with E-state index in [1.54, 1.807) is 39.1 Å². The fourth-order valence-electron chi connectivity index (χ4n) is 5.05. The number of benzene rings is 2. The molecule has 1 unspecified atom stereocenters. The Bertz CT molecular complexity index is 1460. The lowest BCUT2D eigenvalue weighted by Crippen LogP contribution is -2.63. The van der Waals surface area contributed by atoms with E-state index in [1.807, 2.05) is 52.0 Å². The van der Waals surface area contributed by atoms with Gasteiger partial charge in [-0.05, 0) is 37.8 Å². The van der Waals surface area contributed by atoms with Gasteiger partial charge in [-0.25, -0.2) is 17.7 Å². The van der Waals surface area contributed by atoms with E-state index in [0.717, 1.165) is 5.56 Å². The molecule has 0 aliphatic heterocycles. The molecule has 10 heteroatoms. The van der Waals surface area contributed by atoms with Crippen molar-refractivity contribution in [3.05, 3.63) is 65.4 Å². The number of likely N-dealkylation sites (N-methyl/N-ethyl adjacent to an activating group) is 1. The second kappa shape index (κ2) is 12.3. The quantitative estimate of drug-likeness (QED) is 0.289. The molecule has 0 spiro atoms. The second-order valence-electron chi connectivity index (χ2n) is 11.2. The monoisotopic (exact) mass is 569 g/mol. The van der Waals surface area contributed by atoms with Crippen molar-refractivity contribution in [2.24, 2.45) is 17.6 Å². The lowest BCUT2D eigenvalue weighted by Gasteiger charge is -2.40. The molecule has 40 heavy (non-hydrogen) atoms. The van der Waals surface area contributed by atoms with Gasteiger partial charge >= 0.3 is 5.91 Å². The molecule has 3 atom stereocenters. The number of hydrogen-bond donors (Lipinski definition) is 2. The number of primary amides is 1. The van der Waals surface area contributed by atoms with Gasteiger partial charge in [-0.2, -0.15) is 0 Å². The number of nitrogens with two attached hydrogens (primary N) is 1. The molecule has 3 rings (SSSR count). The molecule has 0 aliphatic rings. The van der Waals surface area contributed by atoms with E-state index in [9.17, 15) is 18.0 Å². The molecule has 1 aromatic heterocycles. The summed E-state index contributed by atoms with van der Waals surface area (Å²) in [5, 5.41) is 3.82. The smallest absolute Gasteiger partial charge is 0.314 e. The first-order chi connectivity index (χ1) is 18.7. The molecule has 1 heterocycles. The topological polar surface area (TPSA) is 132 Å². The van der Waals surface area contributed by atoms with Crippen molar-refractivity contribution in [3.8, 4) is 11.1 Å². The summed E-state index contributed by atoms with van der Waals surface area (Å²) in [5.41, 5.74) is 8.52. The van der Waals surface area contributed by atoms with Crippen molar-refractivity contribution >= 4 is 27.7 Å². The van der Waals surface area contributed by atoms with Crippen LogP contribution in [0.15, 0.2) is 57.9 Å². The van der Waals surface area contributed by atoms with Gasteiger partial charge in [-0.15, -0.1) is 0 Å². The number of rotatable bonds is 12. The van der Waals surface area contributed by atoms with Crippen LogP contribution in [-0.2, 0) is 26.2 Å². The zero-order chi connectivity index (χ0) is 29.8. The minimum atomic E-state index is -3.97. The first kappa shape index (κ1) is 31.0. The molecule has 0 bridgehead atoms. The molecule has 0 fully saturated rings. The van der Waals surface area contributed by atoms with Gasteiger partial charge in [0.25, 0.3) is 15.9 Å². The van der Waals surface area contributed by atoms with Crippen molar-refractivity contribution in [2.45, 2.75) is 71.9 Å². The van der Waals surface area contributed by atoms with E-state index < -0.39 is 22.0 Å². The van der Waals surface area contributed by atoms with Crippen molar-refractivity contribution in [3.63, 3.8) is 0 Å². The highest BCUT2D eigenvalue weighted by Gasteiger charge is 2.46. The zero-order valence-electron chi connectivity index (χ0n) is 24.4. The molecule has 3 N–H and O–H groups in total. The molecular weight excluding hydrogens is 528 g/mol. The van der Waals surface area contributed by atoms with Crippen molar-refractivity contribution in [1.82, 2.24) is 5.16 Å². The first-order valence-corrected chi connectivity index (χ1v) is 15.0. The number of aryl methyl sites for hydroxylation is 1. The predicted octanol–water partition coefficient (Wildman–Crippen LogP) is 5.18. The van der Waals surface area contributed by atoms with Crippen LogP contribution in [-0.4, -0.2) is 43.0 Å². The van der Waals surface area contributed by atoms with Gasteiger partial charge in [0.2, 0.25) is 0 Å². The van der Waals surface area contributed by atoms with Crippen LogP contribution in [0.1, 0.15) is 57.4 Å². The van der Waals surface area contributed by atoms with E-state index in [0.29, 0.717) is 35.3 Å². The SMILES string of the molecule is CC[C@H](C)[C@@H](C(N)=O)[N+](C)(Cc1ccc(-c2ccccc2S(=O)(=O)Nc2noc(C)c2C)cc1)C(=O)CC(C)C. The predicted molar refractivity (Wildman–Crippen MR) is 155 cm³/mol. The van der Waals surface area contributed by atoms with Crippen LogP contribution >= 0.6 is 0 Å². The van der Waals surface area contributed by atoms with Gasteiger partial charge in [0.15, 0.2) is 11.9 Å².